The molecule has 14 heavy (non-hydrogen) atoms. The Kier molecular flexibility index (Phi) is 6.44. The lowest BCUT2D eigenvalue weighted by Crippen LogP contribution is -2.43. The summed E-state index contributed by atoms with van der Waals surface area (Å²) >= 11 is 0. The first-order valence-electron chi connectivity index (χ1n) is 4.64. The number of esters is 1. The van der Waals surface area contributed by atoms with E-state index in [4.69, 9.17) is 5.73 Å². The van der Waals surface area contributed by atoms with E-state index in [1.54, 1.807) is 0 Å². The van der Waals surface area contributed by atoms with E-state index in [1.165, 1.54) is 7.11 Å². The van der Waals surface area contributed by atoms with Crippen LogP contribution in [0.1, 0.15) is 0 Å². The van der Waals surface area contributed by atoms with Crippen molar-refractivity contribution in [3.8, 4) is 0 Å². The summed E-state index contributed by atoms with van der Waals surface area (Å²) in [7, 11) is 7.30. The third-order valence-electron chi connectivity index (χ3n) is 1.94. The Balaban J connectivity index is 3.70. The van der Waals surface area contributed by atoms with Crippen molar-refractivity contribution < 1.29 is 9.53 Å². The summed E-state index contributed by atoms with van der Waals surface area (Å²) in [6.45, 7) is 2.36. The number of hydrogen-bond acceptors (Lipinski definition) is 5. The maximum absolute atomic E-state index is 11.0. The van der Waals surface area contributed by atoms with Gasteiger partial charge in [-0.2, -0.15) is 0 Å². The molecule has 0 bridgehead atoms. The van der Waals surface area contributed by atoms with E-state index in [0.29, 0.717) is 6.54 Å². The number of ether oxygens (including phenoxy) is 1. The van der Waals surface area contributed by atoms with Crippen molar-refractivity contribution in [1.82, 2.24) is 9.80 Å². The topological polar surface area (TPSA) is 58.8 Å². The molecular weight excluding hydrogens is 182 g/mol. The zero-order chi connectivity index (χ0) is 11.1. The maximum atomic E-state index is 11.0. The zero-order valence-electron chi connectivity index (χ0n) is 9.49. The molecule has 0 fully saturated rings. The Morgan fingerprint density at radius 1 is 1.36 bits per heavy atom. The number of hydrogen-bond donors (Lipinski definition) is 1. The van der Waals surface area contributed by atoms with E-state index in [0.717, 1.165) is 13.1 Å². The van der Waals surface area contributed by atoms with Crippen molar-refractivity contribution in [2.45, 2.75) is 6.04 Å². The Labute approximate surface area is 85.8 Å². The minimum Gasteiger partial charge on any atom is -0.468 e. The fourth-order valence-corrected chi connectivity index (χ4v) is 1.02. The molecule has 5 nitrogen and oxygen atoms in total. The lowest BCUT2D eigenvalue weighted by atomic mass is 10.3. The third kappa shape index (κ3) is 5.90. The van der Waals surface area contributed by atoms with Gasteiger partial charge in [-0.3, -0.25) is 4.79 Å². The smallest absolute Gasteiger partial charge is 0.323 e. The van der Waals surface area contributed by atoms with Crippen LogP contribution < -0.4 is 5.73 Å². The summed E-state index contributed by atoms with van der Waals surface area (Å²) in [5.74, 6) is -0.360. The molecule has 0 rings (SSSR count). The van der Waals surface area contributed by atoms with Gasteiger partial charge in [-0.25, -0.2) is 0 Å². The fraction of sp³-hybridized carbons (Fsp3) is 0.889. The van der Waals surface area contributed by atoms with Crippen LogP contribution in [0.3, 0.4) is 0 Å². The van der Waals surface area contributed by atoms with Gasteiger partial charge in [0.1, 0.15) is 6.04 Å². The molecule has 0 heterocycles. The minimum atomic E-state index is -0.549. The second-order valence-corrected chi connectivity index (χ2v) is 3.70. The third-order valence-corrected chi connectivity index (χ3v) is 1.94. The first-order valence-corrected chi connectivity index (χ1v) is 4.64. The molecule has 84 valence electrons. The standard InChI is InChI=1S/C9H21N3O2/c1-11(2)5-6-12(3)7-8(10)9(13)14-4/h8H,5-7,10H2,1-4H3. The highest BCUT2D eigenvalue weighted by atomic mass is 16.5. The molecule has 0 aliphatic heterocycles. The molecule has 0 radical (unpaired) electrons. The van der Waals surface area contributed by atoms with Crippen molar-refractivity contribution in [3.05, 3.63) is 0 Å². The van der Waals surface area contributed by atoms with E-state index in [-0.39, 0.29) is 5.97 Å². The van der Waals surface area contributed by atoms with Crippen molar-refractivity contribution in [3.63, 3.8) is 0 Å². The second-order valence-electron chi connectivity index (χ2n) is 3.70. The van der Waals surface area contributed by atoms with Gasteiger partial charge >= 0.3 is 5.97 Å². The highest BCUT2D eigenvalue weighted by Gasteiger charge is 2.15. The first-order chi connectivity index (χ1) is 6.47. The zero-order valence-corrected chi connectivity index (χ0v) is 9.49. The molecule has 5 heteroatoms. The second kappa shape index (κ2) is 6.75. The number of carbonyl (C=O) groups is 1. The fourth-order valence-electron chi connectivity index (χ4n) is 1.02. The lowest BCUT2D eigenvalue weighted by molar-refractivity contribution is -0.142. The Morgan fingerprint density at radius 3 is 2.36 bits per heavy atom. The monoisotopic (exact) mass is 203 g/mol. The average Bonchev–Trinajstić information content (AvgIpc) is 2.13. The summed E-state index contributed by atoms with van der Waals surface area (Å²) in [6, 6.07) is -0.549. The number of methoxy groups -OCH3 is 1. The van der Waals surface area contributed by atoms with Crippen molar-refractivity contribution in [2.75, 3.05) is 47.9 Å². The number of rotatable bonds is 6. The van der Waals surface area contributed by atoms with Gasteiger partial charge in [0.15, 0.2) is 0 Å². The number of carbonyl (C=O) groups excluding carboxylic acids is 1. The minimum absolute atomic E-state index is 0.360. The van der Waals surface area contributed by atoms with Crippen molar-refractivity contribution in [2.24, 2.45) is 5.73 Å². The van der Waals surface area contributed by atoms with E-state index in [1.807, 2.05) is 26.0 Å². The highest BCUT2D eigenvalue weighted by Crippen LogP contribution is 1.90. The molecule has 1 unspecified atom stereocenters. The molecule has 0 aromatic carbocycles. The van der Waals surface area contributed by atoms with E-state index in [2.05, 4.69) is 9.64 Å². The average molecular weight is 203 g/mol. The molecule has 0 aliphatic carbocycles. The van der Waals surface area contributed by atoms with Crippen LogP contribution >= 0.6 is 0 Å². The van der Waals surface area contributed by atoms with Gasteiger partial charge in [0.25, 0.3) is 0 Å². The van der Waals surface area contributed by atoms with E-state index in [9.17, 15) is 4.79 Å². The molecule has 0 spiro atoms. The van der Waals surface area contributed by atoms with Crippen LogP contribution in [0.4, 0.5) is 0 Å². The van der Waals surface area contributed by atoms with Crippen molar-refractivity contribution in [1.29, 1.82) is 0 Å². The van der Waals surface area contributed by atoms with Crippen molar-refractivity contribution >= 4 is 5.97 Å². The Hall–Kier alpha value is -0.650. The maximum Gasteiger partial charge on any atom is 0.323 e. The van der Waals surface area contributed by atoms with Gasteiger partial charge in [0, 0.05) is 19.6 Å². The van der Waals surface area contributed by atoms with Gasteiger partial charge in [0.2, 0.25) is 0 Å². The van der Waals surface area contributed by atoms with Crippen LogP contribution in [0.5, 0.6) is 0 Å². The predicted octanol–water partition coefficient (Wildman–Crippen LogP) is -1.02. The summed E-state index contributed by atoms with van der Waals surface area (Å²) in [6.07, 6.45) is 0. The van der Waals surface area contributed by atoms with Crippen LogP contribution in [-0.4, -0.2) is 69.7 Å². The molecular formula is C9H21N3O2. The summed E-state index contributed by atoms with van der Waals surface area (Å²) in [5, 5.41) is 0. The van der Waals surface area contributed by atoms with Crippen LogP contribution in [-0.2, 0) is 9.53 Å². The molecule has 0 amide bonds. The summed E-state index contributed by atoms with van der Waals surface area (Å²) in [4.78, 5) is 15.1. The molecule has 0 aliphatic rings. The SMILES string of the molecule is COC(=O)C(N)CN(C)CCN(C)C. The van der Waals surface area contributed by atoms with Crippen LogP contribution in [0, 0.1) is 0 Å². The van der Waals surface area contributed by atoms with Gasteiger partial charge < -0.3 is 20.3 Å². The molecule has 0 saturated carbocycles. The van der Waals surface area contributed by atoms with Gasteiger partial charge in [-0.15, -0.1) is 0 Å². The quantitative estimate of drug-likeness (QED) is 0.560. The molecule has 0 aromatic heterocycles. The van der Waals surface area contributed by atoms with Gasteiger partial charge in [-0.05, 0) is 21.1 Å². The number of nitrogens with two attached hydrogens (primary N) is 1. The van der Waals surface area contributed by atoms with Crippen LogP contribution in [0.2, 0.25) is 0 Å². The predicted molar refractivity (Wildman–Crippen MR) is 56.0 cm³/mol. The first kappa shape index (κ1) is 13.4. The normalized spacial score (nSPS) is 13.4. The molecule has 0 saturated heterocycles. The summed E-state index contributed by atoms with van der Waals surface area (Å²) < 4.78 is 4.54. The van der Waals surface area contributed by atoms with Crippen LogP contribution in [0.15, 0.2) is 0 Å². The lowest BCUT2D eigenvalue weighted by Gasteiger charge is -2.21. The molecule has 1 atom stereocenters. The summed E-state index contributed by atoms with van der Waals surface area (Å²) in [5.41, 5.74) is 5.61. The Bertz CT molecular complexity index is 173. The largest absolute Gasteiger partial charge is 0.468 e. The van der Waals surface area contributed by atoms with E-state index < -0.39 is 6.04 Å². The highest BCUT2D eigenvalue weighted by molar-refractivity contribution is 5.75. The molecule has 0 aromatic rings. The Morgan fingerprint density at radius 2 is 1.93 bits per heavy atom. The molecule has 2 N–H and O–H groups in total. The van der Waals surface area contributed by atoms with Gasteiger partial charge in [-0.1, -0.05) is 0 Å². The number of likely N-dealkylation sites (N-methyl/N-ethyl adjacent to an activating group) is 2. The van der Waals surface area contributed by atoms with Crippen LogP contribution in [0.25, 0.3) is 0 Å². The van der Waals surface area contributed by atoms with Gasteiger partial charge in [0.05, 0.1) is 7.11 Å². The number of nitrogens with zero attached hydrogens (tertiary/aromatic N) is 2. The van der Waals surface area contributed by atoms with E-state index >= 15 is 0 Å².